The standard InChI is InChI=1S/C15H20N4O2/c1-3-21-14(20)19-11-10-18-12(4-5-13(18)16-2)15(19)6-8-17-9-7-15/h4-5,17H,3,6-11H2,1H3. The van der Waals surface area contributed by atoms with Crippen molar-refractivity contribution in [2.45, 2.75) is 31.8 Å². The highest BCUT2D eigenvalue weighted by Crippen LogP contribution is 2.42. The number of fused-ring (bicyclic) bond motifs is 2. The van der Waals surface area contributed by atoms with Gasteiger partial charge in [0.15, 0.2) is 0 Å². The lowest BCUT2D eigenvalue weighted by Crippen LogP contribution is -2.58. The first-order valence-corrected chi connectivity index (χ1v) is 7.45. The fourth-order valence-electron chi connectivity index (χ4n) is 3.58. The molecule has 1 aromatic rings. The molecule has 1 N–H and O–H groups in total. The maximum Gasteiger partial charge on any atom is 0.410 e. The molecule has 0 radical (unpaired) electrons. The zero-order valence-corrected chi connectivity index (χ0v) is 12.3. The van der Waals surface area contributed by atoms with Crippen molar-refractivity contribution in [2.24, 2.45) is 0 Å². The minimum absolute atomic E-state index is 0.240. The molecule has 1 spiro atoms. The Bertz CT molecular complexity index is 581. The van der Waals surface area contributed by atoms with Gasteiger partial charge in [0, 0.05) is 0 Å². The van der Waals surface area contributed by atoms with E-state index in [1.165, 1.54) is 0 Å². The van der Waals surface area contributed by atoms with Crippen molar-refractivity contribution < 1.29 is 9.53 Å². The number of carbonyl (C=O) groups is 1. The smallest absolute Gasteiger partial charge is 0.410 e. The van der Waals surface area contributed by atoms with Crippen LogP contribution < -0.4 is 5.32 Å². The Balaban J connectivity index is 2.05. The van der Waals surface area contributed by atoms with Gasteiger partial charge in [-0.15, -0.1) is 0 Å². The summed E-state index contributed by atoms with van der Waals surface area (Å²) in [5, 5.41) is 3.35. The molecule has 0 aliphatic carbocycles. The van der Waals surface area contributed by atoms with Gasteiger partial charge in [0.2, 0.25) is 5.82 Å². The minimum atomic E-state index is -0.335. The van der Waals surface area contributed by atoms with E-state index in [9.17, 15) is 4.79 Å². The summed E-state index contributed by atoms with van der Waals surface area (Å²) in [6.45, 7) is 12.5. The molecule has 112 valence electrons. The number of nitrogens with zero attached hydrogens (tertiary/aromatic N) is 3. The van der Waals surface area contributed by atoms with Crippen molar-refractivity contribution >= 4 is 11.9 Å². The van der Waals surface area contributed by atoms with Crippen molar-refractivity contribution in [1.82, 2.24) is 14.8 Å². The highest BCUT2D eigenvalue weighted by Gasteiger charge is 2.49. The average Bonchev–Trinajstić information content (AvgIpc) is 2.93. The highest BCUT2D eigenvalue weighted by molar-refractivity contribution is 5.69. The highest BCUT2D eigenvalue weighted by atomic mass is 16.6. The molecule has 2 aliphatic heterocycles. The van der Waals surface area contributed by atoms with Gasteiger partial charge < -0.3 is 14.9 Å². The summed E-state index contributed by atoms with van der Waals surface area (Å²) in [4.78, 5) is 17.8. The predicted octanol–water partition coefficient (Wildman–Crippen LogP) is 2.09. The van der Waals surface area contributed by atoms with Crippen LogP contribution in [0.3, 0.4) is 0 Å². The van der Waals surface area contributed by atoms with Crippen LogP contribution >= 0.6 is 0 Å². The summed E-state index contributed by atoms with van der Waals surface area (Å²) in [6.07, 6.45) is 1.47. The van der Waals surface area contributed by atoms with Crippen LogP contribution in [0.4, 0.5) is 10.6 Å². The quantitative estimate of drug-likeness (QED) is 0.805. The number of rotatable bonds is 1. The molecule has 3 rings (SSSR count). The van der Waals surface area contributed by atoms with E-state index in [2.05, 4.69) is 14.7 Å². The van der Waals surface area contributed by atoms with Crippen molar-refractivity contribution in [3.05, 3.63) is 29.2 Å². The van der Waals surface area contributed by atoms with Gasteiger partial charge in [-0.25, -0.2) is 4.79 Å². The Labute approximate surface area is 124 Å². The molecule has 0 saturated carbocycles. The summed E-state index contributed by atoms with van der Waals surface area (Å²) >= 11 is 0. The third kappa shape index (κ3) is 2.09. The van der Waals surface area contributed by atoms with E-state index in [0.29, 0.717) is 25.5 Å². The summed E-state index contributed by atoms with van der Waals surface area (Å²) in [6, 6.07) is 3.87. The SMILES string of the molecule is [C-]#[N+]c1ccc2n1CCN(C(=O)OCC)C21CCNCC1. The van der Waals surface area contributed by atoms with E-state index in [4.69, 9.17) is 11.3 Å². The number of piperidine rings is 1. The molecule has 0 aromatic carbocycles. The number of aromatic nitrogens is 1. The number of hydrogen-bond donors (Lipinski definition) is 1. The van der Waals surface area contributed by atoms with Crippen LogP contribution in [0.5, 0.6) is 0 Å². The molecule has 6 heteroatoms. The van der Waals surface area contributed by atoms with E-state index >= 15 is 0 Å². The van der Waals surface area contributed by atoms with Crippen molar-refractivity contribution in [1.29, 1.82) is 0 Å². The molecule has 2 aliphatic rings. The summed E-state index contributed by atoms with van der Waals surface area (Å²) in [7, 11) is 0. The van der Waals surface area contributed by atoms with E-state index in [1.54, 1.807) is 0 Å². The second kappa shape index (κ2) is 5.41. The van der Waals surface area contributed by atoms with E-state index in [0.717, 1.165) is 31.6 Å². The largest absolute Gasteiger partial charge is 0.450 e. The summed E-state index contributed by atoms with van der Waals surface area (Å²) < 4.78 is 7.32. The molecular weight excluding hydrogens is 268 g/mol. The van der Waals surface area contributed by atoms with Crippen molar-refractivity contribution in [2.75, 3.05) is 26.2 Å². The van der Waals surface area contributed by atoms with Gasteiger partial charge in [0.25, 0.3) is 0 Å². The minimum Gasteiger partial charge on any atom is -0.450 e. The van der Waals surface area contributed by atoms with Crippen LogP contribution in [0.1, 0.15) is 25.5 Å². The lowest BCUT2D eigenvalue weighted by Gasteiger charge is -2.47. The van der Waals surface area contributed by atoms with Crippen LogP contribution in [-0.4, -0.2) is 41.8 Å². The van der Waals surface area contributed by atoms with Crippen LogP contribution in [0.15, 0.2) is 12.1 Å². The number of ether oxygens (including phenoxy) is 1. The second-order valence-electron chi connectivity index (χ2n) is 5.47. The predicted molar refractivity (Wildman–Crippen MR) is 78.2 cm³/mol. The van der Waals surface area contributed by atoms with Gasteiger partial charge in [-0.3, -0.25) is 9.47 Å². The Morgan fingerprint density at radius 1 is 1.43 bits per heavy atom. The molecule has 21 heavy (non-hydrogen) atoms. The molecule has 1 aromatic heterocycles. The Morgan fingerprint density at radius 2 is 2.19 bits per heavy atom. The lowest BCUT2D eigenvalue weighted by molar-refractivity contribution is 0.0148. The van der Waals surface area contributed by atoms with Gasteiger partial charge in [-0.05, 0) is 45.0 Å². The van der Waals surface area contributed by atoms with E-state index in [-0.39, 0.29) is 11.6 Å². The zero-order valence-electron chi connectivity index (χ0n) is 12.3. The first kappa shape index (κ1) is 14.0. The van der Waals surface area contributed by atoms with Crippen molar-refractivity contribution in [3.63, 3.8) is 0 Å². The maximum absolute atomic E-state index is 12.4. The average molecular weight is 288 g/mol. The van der Waals surface area contributed by atoms with Gasteiger partial charge in [0.05, 0.1) is 19.7 Å². The number of carbonyl (C=O) groups excluding carboxylic acids is 1. The third-order valence-corrected chi connectivity index (χ3v) is 4.53. The number of hydrogen-bond acceptors (Lipinski definition) is 3. The van der Waals surface area contributed by atoms with Gasteiger partial charge >= 0.3 is 6.09 Å². The van der Waals surface area contributed by atoms with Crippen molar-refractivity contribution in [3.8, 4) is 0 Å². The van der Waals surface area contributed by atoms with Crippen LogP contribution in [0.2, 0.25) is 0 Å². The normalized spacial score (nSPS) is 19.9. The van der Waals surface area contributed by atoms with E-state index in [1.807, 2.05) is 24.0 Å². The molecule has 0 bridgehead atoms. The van der Waals surface area contributed by atoms with Gasteiger partial charge in [-0.2, -0.15) is 0 Å². The molecule has 1 saturated heterocycles. The summed E-state index contributed by atoms with van der Waals surface area (Å²) in [5.74, 6) is 0.659. The summed E-state index contributed by atoms with van der Waals surface area (Å²) in [5.41, 5.74) is 0.743. The Kier molecular flexibility index (Phi) is 3.60. The molecule has 3 heterocycles. The molecular formula is C15H20N4O2. The first-order chi connectivity index (χ1) is 10.2. The molecule has 0 atom stereocenters. The van der Waals surface area contributed by atoms with Gasteiger partial charge in [0.1, 0.15) is 11.2 Å². The lowest BCUT2D eigenvalue weighted by atomic mass is 9.82. The van der Waals surface area contributed by atoms with E-state index < -0.39 is 0 Å². The third-order valence-electron chi connectivity index (χ3n) is 4.53. The van der Waals surface area contributed by atoms with Crippen LogP contribution in [0, 0.1) is 6.57 Å². The van der Waals surface area contributed by atoms with Crippen LogP contribution in [-0.2, 0) is 16.8 Å². The topological polar surface area (TPSA) is 50.9 Å². The maximum atomic E-state index is 12.4. The van der Waals surface area contributed by atoms with Crippen LogP contribution in [0.25, 0.3) is 4.85 Å². The fraction of sp³-hybridized carbons (Fsp3) is 0.600. The fourth-order valence-corrected chi connectivity index (χ4v) is 3.58. The molecule has 6 nitrogen and oxygen atoms in total. The second-order valence-corrected chi connectivity index (χ2v) is 5.47. The monoisotopic (exact) mass is 288 g/mol. The number of amides is 1. The molecule has 1 fully saturated rings. The molecule has 1 amide bonds. The first-order valence-electron chi connectivity index (χ1n) is 7.45. The van der Waals surface area contributed by atoms with Gasteiger partial charge in [-0.1, -0.05) is 6.57 Å². The zero-order chi connectivity index (χ0) is 14.9. The Morgan fingerprint density at radius 3 is 2.86 bits per heavy atom. The number of nitrogens with one attached hydrogen (secondary N) is 1. The molecule has 0 unspecified atom stereocenters. The Hall–Kier alpha value is -2.00.